The highest BCUT2D eigenvalue weighted by atomic mass is 32.2. The molecule has 1 aromatic rings. The summed E-state index contributed by atoms with van der Waals surface area (Å²) in [5, 5.41) is 3.82. The van der Waals surface area contributed by atoms with E-state index in [-0.39, 0.29) is 0 Å². The number of thioether (sulfide) groups is 1. The first kappa shape index (κ1) is 16.9. The third-order valence-electron chi connectivity index (χ3n) is 5.20. The monoisotopic (exact) mass is 305 g/mol. The van der Waals surface area contributed by atoms with E-state index in [2.05, 4.69) is 56.6 Å². The van der Waals surface area contributed by atoms with Gasteiger partial charge in [-0.05, 0) is 67.5 Å². The Kier molecular flexibility index (Phi) is 6.63. The third kappa shape index (κ3) is 4.50. The fourth-order valence-corrected chi connectivity index (χ4v) is 3.97. The molecule has 2 rings (SSSR count). The molecule has 1 nitrogen and oxygen atoms in total. The lowest BCUT2D eigenvalue weighted by Crippen LogP contribution is -2.33. The molecule has 1 aromatic carbocycles. The molecule has 0 heterocycles. The van der Waals surface area contributed by atoms with Gasteiger partial charge in [0.1, 0.15) is 0 Å². The third-order valence-corrected chi connectivity index (χ3v) is 5.94. The van der Waals surface area contributed by atoms with E-state index in [0.717, 1.165) is 24.3 Å². The van der Waals surface area contributed by atoms with Crippen molar-refractivity contribution in [3.05, 3.63) is 29.8 Å². The second-order valence-electron chi connectivity index (χ2n) is 6.73. The first-order valence-corrected chi connectivity index (χ1v) is 9.75. The van der Waals surface area contributed by atoms with E-state index in [1.54, 1.807) is 0 Å². The highest BCUT2D eigenvalue weighted by Crippen LogP contribution is 2.40. The van der Waals surface area contributed by atoms with Crippen LogP contribution in [-0.4, -0.2) is 12.8 Å². The summed E-state index contributed by atoms with van der Waals surface area (Å²) in [6.45, 7) is 8.23. The minimum absolute atomic E-state index is 0.538. The van der Waals surface area contributed by atoms with Crippen LogP contribution >= 0.6 is 11.8 Å². The van der Waals surface area contributed by atoms with Gasteiger partial charge in [-0.2, -0.15) is 0 Å². The predicted octanol–water partition coefficient (Wildman–Crippen LogP) is 5.52. The lowest BCUT2D eigenvalue weighted by atomic mass is 9.72. The molecule has 0 aromatic heterocycles. The van der Waals surface area contributed by atoms with Gasteiger partial charge in [-0.25, -0.2) is 0 Å². The van der Waals surface area contributed by atoms with E-state index in [9.17, 15) is 0 Å². The number of rotatable bonds is 6. The van der Waals surface area contributed by atoms with Gasteiger partial charge in [0.25, 0.3) is 0 Å². The van der Waals surface area contributed by atoms with Crippen molar-refractivity contribution in [1.82, 2.24) is 5.32 Å². The van der Waals surface area contributed by atoms with Crippen LogP contribution in [0.1, 0.15) is 58.1 Å². The van der Waals surface area contributed by atoms with Crippen LogP contribution in [0, 0.1) is 17.8 Å². The van der Waals surface area contributed by atoms with Gasteiger partial charge in [0.2, 0.25) is 0 Å². The van der Waals surface area contributed by atoms with E-state index in [0.29, 0.717) is 6.04 Å². The summed E-state index contributed by atoms with van der Waals surface area (Å²) in [7, 11) is 0. The molecule has 21 heavy (non-hydrogen) atoms. The first-order valence-electron chi connectivity index (χ1n) is 8.53. The molecule has 0 amide bonds. The lowest BCUT2D eigenvalue weighted by Gasteiger charge is -2.37. The molecule has 4 unspecified atom stereocenters. The maximum absolute atomic E-state index is 3.82. The molecular formula is C19H31NS. The van der Waals surface area contributed by atoms with Crippen molar-refractivity contribution in [3.63, 3.8) is 0 Å². The summed E-state index contributed by atoms with van der Waals surface area (Å²) in [6, 6.07) is 9.75. The van der Waals surface area contributed by atoms with Crippen molar-refractivity contribution >= 4 is 11.8 Å². The molecule has 1 fully saturated rings. The second-order valence-corrected chi connectivity index (χ2v) is 7.61. The smallest absolute Gasteiger partial charge is 0.0348 e. The Bertz CT molecular complexity index is 414. The lowest BCUT2D eigenvalue weighted by molar-refractivity contribution is 0.171. The van der Waals surface area contributed by atoms with Crippen molar-refractivity contribution in [2.75, 3.05) is 12.8 Å². The van der Waals surface area contributed by atoms with Gasteiger partial charge >= 0.3 is 0 Å². The van der Waals surface area contributed by atoms with Crippen LogP contribution in [0.3, 0.4) is 0 Å². The number of nitrogens with one attached hydrogen (secondary N) is 1. The van der Waals surface area contributed by atoms with E-state index in [1.807, 2.05) is 11.8 Å². The van der Waals surface area contributed by atoms with Crippen molar-refractivity contribution in [2.24, 2.45) is 17.8 Å². The SMILES string of the molecule is CCCNC(c1ccc(SC)cc1)C1CCC(C)C(C)C1. The maximum Gasteiger partial charge on any atom is 0.0348 e. The molecule has 4 atom stereocenters. The first-order chi connectivity index (χ1) is 10.2. The molecule has 118 valence electrons. The Labute approximate surface area is 135 Å². The van der Waals surface area contributed by atoms with Crippen molar-refractivity contribution < 1.29 is 0 Å². The van der Waals surface area contributed by atoms with Crippen LogP contribution in [0.5, 0.6) is 0 Å². The van der Waals surface area contributed by atoms with E-state index < -0.39 is 0 Å². The molecule has 0 radical (unpaired) electrons. The number of hydrogen-bond acceptors (Lipinski definition) is 2. The zero-order valence-electron chi connectivity index (χ0n) is 14.1. The summed E-state index contributed by atoms with van der Waals surface area (Å²) in [6.07, 6.45) is 7.48. The molecule has 0 spiro atoms. The minimum Gasteiger partial charge on any atom is -0.310 e. The van der Waals surface area contributed by atoms with Gasteiger partial charge in [0, 0.05) is 10.9 Å². The molecule has 0 bridgehead atoms. The van der Waals surface area contributed by atoms with Gasteiger partial charge in [-0.1, -0.05) is 39.3 Å². The predicted molar refractivity (Wildman–Crippen MR) is 94.9 cm³/mol. The van der Waals surface area contributed by atoms with Gasteiger partial charge in [-0.3, -0.25) is 0 Å². The average molecular weight is 306 g/mol. The second kappa shape index (κ2) is 8.24. The average Bonchev–Trinajstić information content (AvgIpc) is 2.51. The van der Waals surface area contributed by atoms with Gasteiger partial charge in [0.05, 0.1) is 0 Å². The molecule has 1 N–H and O–H groups in total. The van der Waals surface area contributed by atoms with Crippen LogP contribution in [0.4, 0.5) is 0 Å². The minimum atomic E-state index is 0.538. The Hall–Kier alpha value is -0.470. The fourth-order valence-electron chi connectivity index (χ4n) is 3.56. The molecule has 0 aliphatic heterocycles. The summed E-state index contributed by atoms with van der Waals surface area (Å²) in [5.74, 6) is 2.55. The Morgan fingerprint density at radius 3 is 2.43 bits per heavy atom. The van der Waals surface area contributed by atoms with E-state index in [1.165, 1.54) is 36.1 Å². The van der Waals surface area contributed by atoms with Gasteiger partial charge in [-0.15, -0.1) is 11.8 Å². The molecule has 1 saturated carbocycles. The maximum atomic E-state index is 3.82. The van der Waals surface area contributed by atoms with Crippen LogP contribution in [-0.2, 0) is 0 Å². The fraction of sp³-hybridized carbons (Fsp3) is 0.684. The molecule has 1 aliphatic carbocycles. The topological polar surface area (TPSA) is 12.0 Å². The zero-order chi connectivity index (χ0) is 15.2. The molecule has 2 heteroatoms. The Morgan fingerprint density at radius 2 is 1.86 bits per heavy atom. The van der Waals surface area contributed by atoms with Crippen LogP contribution < -0.4 is 5.32 Å². The van der Waals surface area contributed by atoms with Gasteiger partial charge < -0.3 is 5.32 Å². The van der Waals surface area contributed by atoms with Crippen molar-refractivity contribution in [2.45, 2.75) is 57.4 Å². The number of hydrogen-bond donors (Lipinski definition) is 1. The quantitative estimate of drug-likeness (QED) is 0.694. The number of benzene rings is 1. The molecule has 1 aliphatic rings. The molecule has 0 saturated heterocycles. The van der Waals surface area contributed by atoms with E-state index in [4.69, 9.17) is 0 Å². The Morgan fingerprint density at radius 1 is 1.14 bits per heavy atom. The summed E-state index contributed by atoms with van der Waals surface area (Å²) >= 11 is 1.82. The normalized spacial score (nSPS) is 27.5. The van der Waals surface area contributed by atoms with Crippen LogP contribution in [0.15, 0.2) is 29.2 Å². The van der Waals surface area contributed by atoms with Crippen LogP contribution in [0.2, 0.25) is 0 Å². The van der Waals surface area contributed by atoms with Gasteiger partial charge in [0.15, 0.2) is 0 Å². The Balaban J connectivity index is 2.12. The van der Waals surface area contributed by atoms with Crippen molar-refractivity contribution in [1.29, 1.82) is 0 Å². The van der Waals surface area contributed by atoms with Crippen LogP contribution in [0.25, 0.3) is 0 Å². The van der Waals surface area contributed by atoms with E-state index >= 15 is 0 Å². The standard InChI is InChI=1S/C19H31NS/c1-5-12-20-19(16-8-10-18(21-4)11-9-16)17-7-6-14(2)15(3)13-17/h8-11,14-15,17,19-20H,5-7,12-13H2,1-4H3. The summed E-state index contributed by atoms with van der Waals surface area (Å²) < 4.78 is 0. The summed E-state index contributed by atoms with van der Waals surface area (Å²) in [5.41, 5.74) is 1.48. The summed E-state index contributed by atoms with van der Waals surface area (Å²) in [4.78, 5) is 1.36. The largest absolute Gasteiger partial charge is 0.310 e. The highest BCUT2D eigenvalue weighted by Gasteiger charge is 2.30. The highest BCUT2D eigenvalue weighted by molar-refractivity contribution is 7.98. The molecular weight excluding hydrogens is 274 g/mol. The zero-order valence-corrected chi connectivity index (χ0v) is 14.9. The van der Waals surface area contributed by atoms with Crippen molar-refractivity contribution in [3.8, 4) is 0 Å².